The third kappa shape index (κ3) is 5.98. The third-order valence-electron chi connectivity index (χ3n) is 4.27. The number of urea groups is 2. The summed E-state index contributed by atoms with van der Waals surface area (Å²) in [6.45, 7) is 2.23. The molecule has 1 aromatic rings. The van der Waals surface area contributed by atoms with Gasteiger partial charge in [-0.15, -0.1) is 0 Å². The molecule has 9 nitrogen and oxygen atoms in total. The Kier molecular flexibility index (Phi) is 7.16. The van der Waals surface area contributed by atoms with Gasteiger partial charge in [0.15, 0.2) is 6.10 Å². The minimum atomic E-state index is -1.07. The fraction of sp³-hybridized carbons (Fsp3) is 0.444. The van der Waals surface area contributed by atoms with Crippen LogP contribution in [0.1, 0.15) is 19.8 Å². The number of likely N-dealkylation sites (tertiary alicyclic amines) is 1. The van der Waals surface area contributed by atoms with E-state index >= 15 is 0 Å². The minimum absolute atomic E-state index is 0.216. The molecule has 1 atom stereocenters. The second-order valence-corrected chi connectivity index (χ2v) is 6.20. The van der Waals surface area contributed by atoms with Gasteiger partial charge in [-0.3, -0.25) is 14.9 Å². The van der Waals surface area contributed by atoms with Crippen LogP contribution in [-0.4, -0.2) is 55.1 Å². The van der Waals surface area contributed by atoms with Gasteiger partial charge in [0.1, 0.15) is 0 Å². The molecule has 0 spiro atoms. The van der Waals surface area contributed by atoms with Crippen LogP contribution >= 0.6 is 0 Å². The van der Waals surface area contributed by atoms with E-state index in [9.17, 15) is 19.2 Å². The van der Waals surface area contributed by atoms with E-state index in [1.54, 1.807) is 17.0 Å². The van der Waals surface area contributed by atoms with Crippen LogP contribution in [0.4, 0.5) is 15.3 Å². The summed E-state index contributed by atoms with van der Waals surface area (Å²) < 4.78 is 5.14. The summed E-state index contributed by atoms with van der Waals surface area (Å²) in [6, 6.07) is 8.24. The maximum atomic E-state index is 12.3. The predicted molar refractivity (Wildman–Crippen MR) is 97.9 cm³/mol. The first-order valence-electron chi connectivity index (χ1n) is 8.74. The lowest BCUT2D eigenvalue weighted by atomic mass is 9.97. The Hall–Kier alpha value is -3.10. The minimum Gasteiger partial charge on any atom is -0.452 e. The Bertz CT molecular complexity index is 686. The van der Waals surface area contributed by atoms with Gasteiger partial charge in [-0.25, -0.2) is 9.59 Å². The zero-order valence-electron chi connectivity index (χ0n) is 15.4. The van der Waals surface area contributed by atoms with Crippen LogP contribution in [0, 0.1) is 5.92 Å². The zero-order chi connectivity index (χ0) is 19.8. The molecule has 0 aromatic heterocycles. The number of nitrogens with one attached hydrogen (secondary N) is 3. The molecule has 0 aliphatic carbocycles. The first-order chi connectivity index (χ1) is 12.9. The van der Waals surface area contributed by atoms with Crippen LogP contribution in [0.3, 0.4) is 0 Å². The average Bonchev–Trinajstić information content (AvgIpc) is 2.68. The summed E-state index contributed by atoms with van der Waals surface area (Å²) >= 11 is 0. The highest BCUT2D eigenvalue weighted by Crippen LogP contribution is 2.20. The molecule has 2 rings (SSSR count). The smallest absolute Gasteiger partial charge is 0.321 e. The summed E-state index contributed by atoms with van der Waals surface area (Å²) in [6.07, 6.45) is -0.176. The molecule has 1 aliphatic heterocycles. The zero-order valence-corrected chi connectivity index (χ0v) is 15.4. The van der Waals surface area contributed by atoms with Crippen LogP contribution < -0.4 is 16.0 Å². The number of nitrogens with zero attached hydrogens (tertiary/aromatic N) is 1. The van der Waals surface area contributed by atoms with Gasteiger partial charge in [0.2, 0.25) is 0 Å². The Morgan fingerprint density at radius 1 is 1.11 bits per heavy atom. The second kappa shape index (κ2) is 9.56. The molecule has 3 N–H and O–H groups in total. The van der Waals surface area contributed by atoms with Crippen molar-refractivity contribution in [3.05, 3.63) is 30.3 Å². The lowest BCUT2D eigenvalue weighted by molar-refractivity contribution is -0.159. The summed E-state index contributed by atoms with van der Waals surface area (Å²) in [5.74, 6) is -1.58. The molecular weight excluding hydrogens is 352 g/mol. The number of imide groups is 1. The predicted octanol–water partition coefficient (Wildman–Crippen LogP) is 1.32. The van der Waals surface area contributed by atoms with Gasteiger partial charge in [0, 0.05) is 25.8 Å². The van der Waals surface area contributed by atoms with Crippen LogP contribution in [0.5, 0.6) is 0 Å². The monoisotopic (exact) mass is 376 g/mol. The van der Waals surface area contributed by atoms with E-state index in [1.807, 2.05) is 18.2 Å². The van der Waals surface area contributed by atoms with Crippen molar-refractivity contribution < 1.29 is 23.9 Å². The standard InChI is InChI=1S/C18H24N4O5/c1-12(15(23)21-17(25)19-2)27-16(24)13-8-10-22(11-9-13)18(26)20-14-6-4-3-5-7-14/h3-7,12-13H,8-11H2,1-2H3,(H,20,26)(H2,19,21,23,25)/t12-/m0/s1. The molecule has 0 unspecified atom stereocenters. The van der Waals surface area contributed by atoms with Gasteiger partial charge in [-0.2, -0.15) is 0 Å². The molecule has 1 heterocycles. The van der Waals surface area contributed by atoms with E-state index in [4.69, 9.17) is 4.74 Å². The molecule has 1 fully saturated rings. The van der Waals surface area contributed by atoms with E-state index < -0.39 is 24.0 Å². The molecule has 1 saturated heterocycles. The fourth-order valence-electron chi connectivity index (χ4n) is 2.64. The van der Waals surface area contributed by atoms with E-state index in [1.165, 1.54) is 14.0 Å². The molecule has 0 radical (unpaired) electrons. The van der Waals surface area contributed by atoms with E-state index in [0.717, 1.165) is 0 Å². The number of para-hydroxylation sites is 1. The van der Waals surface area contributed by atoms with Crippen molar-refractivity contribution in [1.29, 1.82) is 0 Å². The Morgan fingerprint density at radius 2 is 1.74 bits per heavy atom. The lowest BCUT2D eigenvalue weighted by Gasteiger charge is -2.31. The SMILES string of the molecule is CNC(=O)NC(=O)[C@H](C)OC(=O)C1CCN(C(=O)Nc2ccccc2)CC1. The number of esters is 1. The number of rotatable bonds is 4. The van der Waals surface area contributed by atoms with Crippen LogP contribution in [-0.2, 0) is 14.3 Å². The molecule has 9 heteroatoms. The van der Waals surface area contributed by atoms with E-state index in [0.29, 0.717) is 31.6 Å². The van der Waals surface area contributed by atoms with Crippen LogP contribution in [0.25, 0.3) is 0 Å². The lowest BCUT2D eigenvalue weighted by Crippen LogP contribution is -2.45. The van der Waals surface area contributed by atoms with Gasteiger partial charge in [0.05, 0.1) is 5.92 Å². The first kappa shape index (κ1) is 20.2. The topological polar surface area (TPSA) is 117 Å². The number of hydrogen-bond donors (Lipinski definition) is 3. The summed E-state index contributed by atoms with van der Waals surface area (Å²) in [5.41, 5.74) is 0.708. The highest BCUT2D eigenvalue weighted by Gasteiger charge is 2.30. The molecule has 27 heavy (non-hydrogen) atoms. The maximum absolute atomic E-state index is 12.3. The summed E-state index contributed by atoms with van der Waals surface area (Å²) in [5, 5.41) is 7.11. The maximum Gasteiger partial charge on any atom is 0.321 e. The van der Waals surface area contributed by atoms with Gasteiger partial charge in [0.25, 0.3) is 5.91 Å². The molecule has 0 saturated carbocycles. The summed E-state index contributed by atoms with van der Waals surface area (Å²) in [4.78, 5) is 49.0. The number of ether oxygens (including phenoxy) is 1. The van der Waals surface area contributed by atoms with Crippen molar-refractivity contribution >= 4 is 29.6 Å². The molecule has 0 bridgehead atoms. The second-order valence-electron chi connectivity index (χ2n) is 6.20. The molecule has 1 aromatic carbocycles. The fourth-order valence-corrected chi connectivity index (χ4v) is 2.64. The number of piperidine rings is 1. The van der Waals surface area contributed by atoms with Crippen LogP contribution in [0.15, 0.2) is 30.3 Å². The van der Waals surface area contributed by atoms with Crippen molar-refractivity contribution in [3.8, 4) is 0 Å². The number of amides is 5. The van der Waals surface area contributed by atoms with E-state index in [2.05, 4.69) is 16.0 Å². The van der Waals surface area contributed by atoms with E-state index in [-0.39, 0.29) is 11.9 Å². The van der Waals surface area contributed by atoms with Gasteiger partial charge < -0.3 is 20.3 Å². The molecule has 5 amide bonds. The Morgan fingerprint density at radius 3 is 2.33 bits per heavy atom. The van der Waals surface area contributed by atoms with Gasteiger partial charge in [-0.05, 0) is 31.9 Å². The normalized spacial score (nSPS) is 15.4. The van der Waals surface area contributed by atoms with Gasteiger partial charge in [-0.1, -0.05) is 18.2 Å². The Balaban J connectivity index is 1.77. The van der Waals surface area contributed by atoms with Gasteiger partial charge >= 0.3 is 18.0 Å². The molecule has 1 aliphatic rings. The summed E-state index contributed by atoms with van der Waals surface area (Å²) in [7, 11) is 1.38. The highest BCUT2D eigenvalue weighted by atomic mass is 16.5. The van der Waals surface area contributed by atoms with Crippen molar-refractivity contribution in [2.24, 2.45) is 5.92 Å². The van der Waals surface area contributed by atoms with Crippen molar-refractivity contribution in [3.63, 3.8) is 0 Å². The number of hydrogen-bond acceptors (Lipinski definition) is 5. The number of carbonyl (C=O) groups excluding carboxylic acids is 4. The third-order valence-corrected chi connectivity index (χ3v) is 4.27. The highest BCUT2D eigenvalue weighted by molar-refractivity contribution is 5.97. The Labute approximate surface area is 157 Å². The average molecular weight is 376 g/mol. The largest absolute Gasteiger partial charge is 0.452 e. The number of anilines is 1. The first-order valence-corrected chi connectivity index (χ1v) is 8.74. The van der Waals surface area contributed by atoms with Crippen LogP contribution in [0.2, 0.25) is 0 Å². The van der Waals surface area contributed by atoms with Crippen molar-refractivity contribution in [1.82, 2.24) is 15.5 Å². The molecular formula is C18H24N4O5. The molecule has 146 valence electrons. The number of benzene rings is 1. The number of carbonyl (C=O) groups is 4. The van der Waals surface area contributed by atoms with Crippen molar-refractivity contribution in [2.75, 3.05) is 25.5 Å². The quantitative estimate of drug-likeness (QED) is 0.685. The van der Waals surface area contributed by atoms with Crippen molar-refractivity contribution in [2.45, 2.75) is 25.9 Å².